The van der Waals surface area contributed by atoms with Crippen LogP contribution < -0.4 is 10.7 Å². The fourth-order valence-electron chi connectivity index (χ4n) is 2.99. The number of aromatic hydroxyl groups is 1. The van der Waals surface area contributed by atoms with Crippen LogP contribution >= 0.6 is 15.9 Å². The molecule has 0 bridgehead atoms. The zero-order valence-corrected chi connectivity index (χ0v) is 20.4. The van der Waals surface area contributed by atoms with Gasteiger partial charge >= 0.3 is 0 Å². The maximum Gasteiger partial charge on any atom is 0.259 e. The Bertz CT molecular complexity index is 967. The summed E-state index contributed by atoms with van der Waals surface area (Å²) in [6.07, 6.45) is 1.54. The molecule has 0 spiro atoms. The fourth-order valence-corrected chi connectivity index (χ4v) is 3.46. The number of rotatable bonds is 5. The zero-order chi connectivity index (χ0) is 23.4. The van der Waals surface area contributed by atoms with Gasteiger partial charge in [0, 0.05) is 15.6 Å². The molecule has 31 heavy (non-hydrogen) atoms. The number of hydrogen-bond acceptors (Lipinski definition) is 4. The van der Waals surface area contributed by atoms with Gasteiger partial charge in [-0.2, -0.15) is 5.10 Å². The molecule has 0 radical (unpaired) electrons. The van der Waals surface area contributed by atoms with Crippen molar-refractivity contribution in [2.75, 3.05) is 6.54 Å². The molecule has 2 amide bonds. The van der Waals surface area contributed by atoms with Crippen molar-refractivity contribution in [2.24, 2.45) is 5.10 Å². The van der Waals surface area contributed by atoms with Gasteiger partial charge in [0.25, 0.3) is 11.8 Å². The molecular weight excluding hydrogens is 458 g/mol. The third-order valence-corrected chi connectivity index (χ3v) is 5.37. The quantitative estimate of drug-likeness (QED) is 0.424. The van der Waals surface area contributed by atoms with E-state index in [1.54, 1.807) is 18.2 Å². The van der Waals surface area contributed by atoms with Gasteiger partial charge in [0.15, 0.2) is 0 Å². The predicted molar refractivity (Wildman–Crippen MR) is 128 cm³/mol. The van der Waals surface area contributed by atoms with E-state index >= 15 is 0 Å². The average Bonchev–Trinajstić information content (AvgIpc) is 2.65. The van der Waals surface area contributed by atoms with Crippen LogP contribution in [0.2, 0.25) is 0 Å². The number of halogens is 1. The van der Waals surface area contributed by atoms with Crippen LogP contribution in [0.1, 0.15) is 68.6 Å². The molecule has 0 atom stereocenters. The molecule has 0 fully saturated rings. The van der Waals surface area contributed by atoms with Crippen molar-refractivity contribution in [3.05, 3.63) is 63.1 Å². The fraction of sp³-hybridized carbons (Fsp3) is 0.375. The number of phenolic OH excluding ortho intramolecular Hbond substituents is 1. The van der Waals surface area contributed by atoms with E-state index in [0.717, 1.165) is 16.7 Å². The van der Waals surface area contributed by atoms with Crippen LogP contribution in [-0.2, 0) is 15.6 Å². The predicted octanol–water partition coefficient (Wildman–Crippen LogP) is 4.63. The molecule has 7 heteroatoms. The van der Waals surface area contributed by atoms with Gasteiger partial charge in [0.05, 0.1) is 18.3 Å². The van der Waals surface area contributed by atoms with Crippen LogP contribution in [0, 0.1) is 0 Å². The average molecular weight is 488 g/mol. The van der Waals surface area contributed by atoms with Crippen molar-refractivity contribution >= 4 is 34.0 Å². The van der Waals surface area contributed by atoms with Gasteiger partial charge < -0.3 is 10.4 Å². The van der Waals surface area contributed by atoms with E-state index in [9.17, 15) is 14.7 Å². The molecule has 0 aromatic heterocycles. The Kier molecular flexibility index (Phi) is 7.65. The highest BCUT2D eigenvalue weighted by Gasteiger charge is 2.26. The van der Waals surface area contributed by atoms with Crippen molar-refractivity contribution < 1.29 is 14.7 Å². The molecule has 166 valence electrons. The molecule has 3 N–H and O–H groups in total. The minimum absolute atomic E-state index is 0.201. The number of amides is 2. The number of benzene rings is 2. The smallest absolute Gasteiger partial charge is 0.259 e. The molecular formula is C24H30BrN3O3. The van der Waals surface area contributed by atoms with Crippen LogP contribution in [0.5, 0.6) is 5.75 Å². The lowest BCUT2D eigenvalue weighted by molar-refractivity contribution is -0.120. The first kappa shape index (κ1) is 24.6. The van der Waals surface area contributed by atoms with E-state index in [1.807, 2.05) is 59.7 Å². The minimum atomic E-state index is -0.442. The standard InChI is InChI=1S/C24H30BrN3O3/c1-23(2,3)17-11-15(12-18(21(17)30)24(4,5)6)13-27-28-20(29)14-26-22(31)16-9-7-8-10-19(16)25/h7-13,30H,14H2,1-6H3,(H,26,31)(H,28,29)/b27-13+. The van der Waals surface area contributed by atoms with Gasteiger partial charge in [-0.3, -0.25) is 9.59 Å². The van der Waals surface area contributed by atoms with Crippen LogP contribution in [0.3, 0.4) is 0 Å². The molecule has 2 rings (SSSR count). The summed E-state index contributed by atoms with van der Waals surface area (Å²) in [6, 6.07) is 10.7. The lowest BCUT2D eigenvalue weighted by atomic mass is 9.78. The number of hydrogen-bond donors (Lipinski definition) is 3. The van der Waals surface area contributed by atoms with E-state index in [2.05, 4.69) is 31.8 Å². The maximum atomic E-state index is 12.2. The van der Waals surface area contributed by atoms with Gasteiger partial charge in [-0.05, 0) is 56.6 Å². The maximum absolute atomic E-state index is 12.2. The summed E-state index contributed by atoms with van der Waals surface area (Å²) in [7, 11) is 0. The first-order valence-electron chi connectivity index (χ1n) is 10.0. The van der Waals surface area contributed by atoms with Crippen LogP contribution in [0.4, 0.5) is 0 Å². The number of carbonyl (C=O) groups is 2. The largest absolute Gasteiger partial charge is 0.507 e. The van der Waals surface area contributed by atoms with E-state index < -0.39 is 5.91 Å². The summed E-state index contributed by atoms with van der Waals surface area (Å²) in [5.74, 6) is -0.506. The summed E-state index contributed by atoms with van der Waals surface area (Å²) in [4.78, 5) is 24.2. The Morgan fingerprint density at radius 1 is 1.03 bits per heavy atom. The van der Waals surface area contributed by atoms with E-state index in [0.29, 0.717) is 10.0 Å². The molecule has 0 saturated heterocycles. The molecule has 2 aromatic carbocycles. The van der Waals surface area contributed by atoms with Crippen molar-refractivity contribution in [2.45, 2.75) is 52.4 Å². The highest BCUT2D eigenvalue weighted by Crippen LogP contribution is 2.39. The second kappa shape index (κ2) is 9.64. The molecule has 0 unspecified atom stereocenters. The minimum Gasteiger partial charge on any atom is -0.507 e. The van der Waals surface area contributed by atoms with Crippen LogP contribution in [-0.4, -0.2) is 29.7 Å². The van der Waals surface area contributed by atoms with Gasteiger partial charge in [-0.25, -0.2) is 5.43 Å². The van der Waals surface area contributed by atoms with E-state index in [4.69, 9.17) is 0 Å². The van der Waals surface area contributed by atoms with Crippen molar-refractivity contribution in [1.29, 1.82) is 0 Å². The SMILES string of the molecule is CC(C)(C)c1cc(/C=N/NC(=O)CNC(=O)c2ccccc2Br)cc(C(C)(C)C)c1O. The van der Waals surface area contributed by atoms with Gasteiger partial charge in [-0.1, -0.05) is 53.7 Å². The number of phenols is 1. The highest BCUT2D eigenvalue weighted by atomic mass is 79.9. The Hall–Kier alpha value is -2.67. The number of hydrazone groups is 1. The Balaban J connectivity index is 2.09. The van der Waals surface area contributed by atoms with Gasteiger partial charge in [-0.15, -0.1) is 0 Å². The Morgan fingerprint density at radius 2 is 1.58 bits per heavy atom. The summed E-state index contributed by atoms with van der Waals surface area (Å²) in [5, 5.41) is 17.4. The second-order valence-electron chi connectivity index (χ2n) is 9.42. The number of nitrogens with one attached hydrogen (secondary N) is 2. The Morgan fingerprint density at radius 3 is 2.10 bits per heavy atom. The third kappa shape index (κ3) is 6.66. The summed E-state index contributed by atoms with van der Waals surface area (Å²) >= 11 is 3.31. The lowest BCUT2D eigenvalue weighted by Crippen LogP contribution is -2.35. The first-order valence-corrected chi connectivity index (χ1v) is 10.8. The highest BCUT2D eigenvalue weighted by molar-refractivity contribution is 9.10. The third-order valence-electron chi connectivity index (χ3n) is 4.68. The lowest BCUT2D eigenvalue weighted by Gasteiger charge is -2.27. The Labute approximate surface area is 192 Å². The normalized spacial score (nSPS) is 12.1. The van der Waals surface area contributed by atoms with Crippen molar-refractivity contribution in [1.82, 2.24) is 10.7 Å². The van der Waals surface area contributed by atoms with Crippen LogP contribution in [0.15, 0.2) is 46.0 Å². The zero-order valence-electron chi connectivity index (χ0n) is 18.8. The van der Waals surface area contributed by atoms with Gasteiger partial charge in [0.2, 0.25) is 0 Å². The first-order chi connectivity index (χ1) is 14.3. The molecule has 0 aliphatic heterocycles. The summed E-state index contributed by atoms with van der Waals surface area (Å²) in [6.45, 7) is 12.0. The molecule has 0 aliphatic carbocycles. The molecule has 0 heterocycles. The molecule has 6 nitrogen and oxygen atoms in total. The molecule has 0 saturated carbocycles. The number of carbonyl (C=O) groups excluding carboxylic acids is 2. The molecule has 0 aliphatic rings. The molecule has 2 aromatic rings. The van der Waals surface area contributed by atoms with Crippen molar-refractivity contribution in [3.63, 3.8) is 0 Å². The second-order valence-corrected chi connectivity index (χ2v) is 10.3. The summed E-state index contributed by atoms with van der Waals surface area (Å²) < 4.78 is 0.655. The monoisotopic (exact) mass is 487 g/mol. The van der Waals surface area contributed by atoms with E-state index in [-0.39, 0.29) is 29.0 Å². The van der Waals surface area contributed by atoms with Crippen molar-refractivity contribution in [3.8, 4) is 5.75 Å². The van der Waals surface area contributed by atoms with E-state index in [1.165, 1.54) is 6.21 Å². The topological polar surface area (TPSA) is 90.8 Å². The van der Waals surface area contributed by atoms with Crippen LogP contribution in [0.25, 0.3) is 0 Å². The summed E-state index contributed by atoms with van der Waals surface area (Å²) in [5.41, 5.74) is 4.76. The van der Waals surface area contributed by atoms with Gasteiger partial charge in [0.1, 0.15) is 5.75 Å². The number of nitrogens with zero attached hydrogens (tertiary/aromatic N) is 1.